The monoisotopic (exact) mass is 248 g/mol. The van der Waals surface area contributed by atoms with Gasteiger partial charge in [0, 0.05) is 11.8 Å². The minimum absolute atomic E-state index is 0.0283. The summed E-state index contributed by atoms with van der Waals surface area (Å²) in [7, 11) is 0. The molecule has 94 valence electrons. The molecule has 0 fully saturated rings. The highest BCUT2D eigenvalue weighted by molar-refractivity contribution is 5.77. The van der Waals surface area contributed by atoms with E-state index in [0.29, 0.717) is 12.2 Å². The standard InChI is InChI=1S/C12H13FN4O/c13-10-7-9(11-3-4-16-17-11)1-2-12(10)15-8-14-5-6-18/h1-4,7-8,18H,5-6H2,(H,14,15)(H,16,17). The summed E-state index contributed by atoms with van der Waals surface area (Å²) >= 11 is 0. The van der Waals surface area contributed by atoms with E-state index in [-0.39, 0.29) is 12.4 Å². The largest absolute Gasteiger partial charge is 0.394 e. The van der Waals surface area contributed by atoms with Gasteiger partial charge < -0.3 is 10.4 Å². The molecule has 0 aliphatic carbocycles. The molecular formula is C12H13FN4O. The normalized spacial score (nSPS) is 11.0. The third-order valence-electron chi connectivity index (χ3n) is 2.32. The molecule has 0 spiro atoms. The first-order valence-electron chi connectivity index (χ1n) is 5.46. The van der Waals surface area contributed by atoms with E-state index >= 15 is 0 Å². The lowest BCUT2D eigenvalue weighted by molar-refractivity contribution is 0.307. The molecule has 6 heteroatoms. The summed E-state index contributed by atoms with van der Waals surface area (Å²) in [5.74, 6) is -0.377. The number of aliphatic imine (C=N–C) groups is 1. The van der Waals surface area contributed by atoms with E-state index in [1.54, 1.807) is 24.4 Å². The van der Waals surface area contributed by atoms with Gasteiger partial charge in [0.2, 0.25) is 0 Å². The summed E-state index contributed by atoms with van der Waals surface area (Å²) in [6.45, 7) is 0.264. The smallest absolute Gasteiger partial charge is 0.147 e. The van der Waals surface area contributed by atoms with Gasteiger partial charge in [-0.1, -0.05) is 6.07 Å². The molecule has 0 bridgehead atoms. The molecule has 0 unspecified atom stereocenters. The zero-order valence-electron chi connectivity index (χ0n) is 9.60. The number of halogens is 1. The number of rotatable bonds is 5. The van der Waals surface area contributed by atoms with Gasteiger partial charge in [0.15, 0.2) is 0 Å². The number of hydrogen-bond acceptors (Lipinski definition) is 3. The van der Waals surface area contributed by atoms with Crippen molar-refractivity contribution in [3.05, 3.63) is 36.3 Å². The van der Waals surface area contributed by atoms with E-state index in [1.807, 2.05) is 0 Å². The summed E-state index contributed by atoms with van der Waals surface area (Å²) in [6.07, 6.45) is 2.98. The lowest BCUT2D eigenvalue weighted by Gasteiger charge is -2.04. The van der Waals surface area contributed by atoms with Gasteiger partial charge in [-0.2, -0.15) is 5.10 Å². The first-order chi connectivity index (χ1) is 8.81. The molecule has 0 amide bonds. The second kappa shape index (κ2) is 5.92. The van der Waals surface area contributed by atoms with Crippen molar-refractivity contribution in [3.8, 4) is 11.3 Å². The van der Waals surface area contributed by atoms with Crippen LogP contribution in [0.5, 0.6) is 0 Å². The average Bonchev–Trinajstić information content (AvgIpc) is 2.90. The molecule has 0 aliphatic rings. The van der Waals surface area contributed by atoms with Crippen molar-refractivity contribution in [1.29, 1.82) is 0 Å². The van der Waals surface area contributed by atoms with Crippen LogP contribution in [0.3, 0.4) is 0 Å². The van der Waals surface area contributed by atoms with Crippen molar-refractivity contribution >= 4 is 12.0 Å². The van der Waals surface area contributed by atoms with Crippen LogP contribution in [0.4, 0.5) is 10.1 Å². The Hall–Kier alpha value is -2.21. The highest BCUT2D eigenvalue weighted by Crippen LogP contribution is 2.22. The quantitative estimate of drug-likeness (QED) is 0.556. The number of hydrogen-bond donors (Lipinski definition) is 3. The number of nitrogens with zero attached hydrogens (tertiary/aromatic N) is 2. The zero-order valence-corrected chi connectivity index (χ0v) is 9.60. The van der Waals surface area contributed by atoms with Gasteiger partial charge in [-0.05, 0) is 18.2 Å². The van der Waals surface area contributed by atoms with Crippen LogP contribution in [0, 0.1) is 5.82 Å². The maximum Gasteiger partial charge on any atom is 0.147 e. The minimum Gasteiger partial charge on any atom is -0.394 e. The molecule has 5 nitrogen and oxygen atoms in total. The van der Waals surface area contributed by atoms with Crippen LogP contribution in [-0.2, 0) is 0 Å². The van der Waals surface area contributed by atoms with Gasteiger partial charge in [-0.3, -0.25) is 10.1 Å². The van der Waals surface area contributed by atoms with Crippen LogP contribution in [-0.4, -0.2) is 34.8 Å². The van der Waals surface area contributed by atoms with Gasteiger partial charge in [0.25, 0.3) is 0 Å². The van der Waals surface area contributed by atoms with Crippen molar-refractivity contribution in [1.82, 2.24) is 10.2 Å². The predicted molar refractivity (Wildman–Crippen MR) is 68.0 cm³/mol. The number of aromatic amines is 1. The topological polar surface area (TPSA) is 73.3 Å². The number of aliphatic hydroxyl groups is 1. The van der Waals surface area contributed by atoms with Crippen LogP contribution in [0.15, 0.2) is 35.5 Å². The fraction of sp³-hybridized carbons (Fsp3) is 0.167. The molecule has 2 rings (SSSR count). The predicted octanol–water partition coefficient (Wildman–Crippen LogP) is 1.65. The summed E-state index contributed by atoms with van der Waals surface area (Å²) in [6, 6.07) is 6.58. The number of anilines is 1. The number of H-pyrrole nitrogens is 1. The summed E-state index contributed by atoms with van der Waals surface area (Å²) in [5, 5.41) is 17.8. The lowest BCUT2D eigenvalue weighted by atomic mass is 10.1. The van der Waals surface area contributed by atoms with E-state index in [4.69, 9.17) is 5.11 Å². The first kappa shape index (κ1) is 12.3. The van der Waals surface area contributed by atoms with Gasteiger partial charge in [-0.15, -0.1) is 0 Å². The fourth-order valence-electron chi connectivity index (χ4n) is 1.45. The third kappa shape index (κ3) is 2.92. The van der Waals surface area contributed by atoms with Gasteiger partial charge in [-0.25, -0.2) is 4.39 Å². The maximum atomic E-state index is 13.7. The van der Waals surface area contributed by atoms with E-state index < -0.39 is 0 Å². The van der Waals surface area contributed by atoms with Crippen molar-refractivity contribution in [3.63, 3.8) is 0 Å². The van der Waals surface area contributed by atoms with E-state index in [1.165, 1.54) is 12.4 Å². The Kier molecular flexibility index (Phi) is 4.03. The number of benzene rings is 1. The van der Waals surface area contributed by atoms with Crippen molar-refractivity contribution in [2.45, 2.75) is 0 Å². The number of aromatic nitrogens is 2. The maximum absolute atomic E-state index is 13.7. The van der Waals surface area contributed by atoms with Crippen molar-refractivity contribution in [2.75, 3.05) is 18.5 Å². The molecule has 18 heavy (non-hydrogen) atoms. The van der Waals surface area contributed by atoms with Crippen LogP contribution >= 0.6 is 0 Å². The molecule has 0 atom stereocenters. The molecule has 1 heterocycles. The second-order valence-electron chi connectivity index (χ2n) is 3.57. The van der Waals surface area contributed by atoms with Crippen molar-refractivity contribution in [2.24, 2.45) is 4.99 Å². The van der Waals surface area contributed by atoms with Crippen molar-refractivity contribution < 1.29 is 9.50 Å². The zero-order chi connectivity index (χ0) is 12.8. The minimum atomic E-state index is -0.377. The number of aliphatic hydroxyl groups excluding tert-OH is 1. The fourth-order valence-corrected chi connectivity index (χ4v) is 1.45. The molecule has 1 aromatic carbocycles. The number of nitrogens with one attached hydrogen (secondary N) is 2. The average molecular weight is 248 g/mol. The first-order valence-corrected chi connectivity index (χ1v) is 5.46. The molecule has 0 saturated heterocycles. The molecule has 0 saturated carbocycles. The molecule has 0 aliphatic heterocycles. The highest BCUT2D eigenvalue weighted by atomic mass is 19.1. The van der Waals surface area contributed by atoms with Crippen LogP contribution in [0.25, 0.3) is 11.3 Å². The van der Waals surface area contributed by atoms with Crippen LogP contribution < -0.4 is 5.32 Å². The Balaban J connectivity index is 2.10. The molecule has 1 aromatic heterocycles. The molecular weight excluding hydrogens is 235 g/mol. The Labute approximate surface area is 103 Å². The Morgan fingerprint density at radius 2 is 2.33 bits per heavy atom. The van der Waals surface area contributed by atoms with E-state index in [9.17, 15) is 4.39 Å². The Bertz CT molecular complexity index is 525. The van der Waals surface area contributed by atoms with E-state index in [2.05, 4.69) is 20.5 Å². The summed E-state index contributed by atoms with van der Waals surface area (Å²) in [5.41, 5.74) is 1.82. The Morgan fingerprint density at radius 3 is 3.00 bits per heavy atom. The highest BCUT2D eigenvalue weighted by Gasteiger charge is 2.04. The van der Waals surface area contributed by atoms with Gasteiger partial charge >= 0.3 is 0 Å². The summed E-state index contributed by atoms with van der Waals surface area (Å²) in [4.78, 5) is 3.83. The van der Waals surface area contributed by atoms with Gasteiger partial charge in [0.1, 0.15) is 5.82 Å². The molecule has 2 aromatic rings. The summed E-state index contributed by atoms with van der Waals surface area (Å²) < 4.78 is 13.7. The molecule has 0 radical (unpaired) electrons. The second-order valence-corrected chi connectivity index (χ2v) is 3.57. The van der Waals surface area contributed by atoms with E-state index in [0.717, 1.165) is 11.3 Å². The van der Waals surface area contributed by atoms with Crippen LogP contribution in [0.2, 0.25) is 0 Å². The third-order valence-corrected chi connectivity index (χ3v) is 2.32. The Morgan fingerprint density at radius 1 is 1.44 bits per heavy atom. The van der Waals surface area contributed by atoms with Gasteiger partial charge in [0.05, 0.1) is 30.9 Å². The lowest BCUT2D eigenvalue weighted by Crippen LogP contribution is -2.00. The molecule has 3 N–H and O–H groups in total. The SMILES string of the molecule is OCCN=CNc1ccc(-c2ccn[nH]2)cc1F. The van der Waals surface area contributed by atoms with Crippen LogP contribution in [0.1, 0.15) is 0 Å².